The van der Waals surface area contributed by atoms with Crippen molar-refractivity contribution in [3.63, 3.8) is 0 Å². The van der Waals surface area contributed by atoms with E-state index < -0.39 is 0 Å². The Labute approximate surface area is 157 Å². The van der Waals surface area contributed by atoms with Gasteiger partial charge in [0.05, 0.1) is 12.3 Å². The van der Waals surface area contributed by atoms with Crippen molar-refractivity contribution in [2.75, 3.05) is 25.4 Å². The van der Waals surface area contributed by atoms with Crippen LogP contribution in [0.3, 0.4) is 0 Å². The number of hydrogen-bond donors (Lipinski definition) is 1. The van der Waals surface area contributed by atoms with Crippen molar-refractivity contribution in [1.29, 1.82) is 0 Å². The van der Waals surface area contributed by atoms with E-state index in [0.717, 1.165) is 37.3 Å². The van der Waals surface area contributed by atoms with Gasteiger partial charge in [0, 0.05) is 25.2 Å². The standard InChI is InChI=1S/C18H23N5O2S/c1-2-23-17(14-8-4-3-5-9-14)20-21-18(23)26-13-15(24)19-12-16(25)22-10-6-7-11-22/h3-5,8-9H,2,6-7,10-13H2,1H3,(H,19,24). The minimum atomic E-state index is -0.172. The van der Waals surface area contributed by atoms with Gasteiger partial charge in [0.1, 0.15) is 0 Å². The van der Waals surface area contributed by atoms with Gasteiger partial charge in [0.25, 0.3) is 0 Å². The van der Waals surface area contributed by atoms with Crippen LogP contribution in [-0.4, -0.2) is 56.9 Å². The fourth-order valence-electron chi connectivity index (χ4n) is 2.91. The number of nitrogens with zero attached hydrogens (tertiary/aromatic N) is 4. The number of amides is 2. The number of carbonyl (C=O) groups is 2. The van der Waals surface area contributed by atoms with Gasteiger partial charge in [-0.25, -0.2) is 0 Å². The molecule has 1 aromatic heterocycles. The third kappa shape index (κ3) is 4.43. The molecule has 0 atom stereocenters. The van der Waals surface area contributed by atoms with Crippen LogP contribution >= 0.6 is 11.8 Å². The third-order valence-electron chi connectivity index (χ3n) is 4.29. The smallest absolute Gasteiger partial charge is 0.241 e. The van der Waals surface area contributed by atoms with Crippen LogP contribution in [-0.2, 0) is 16.1 Å². The second kappa shape index (κ2) is 8.84. The van der Waals surface area contributed by atoms with E-state index in [1.165, 1.54) is 11.8 Å². The molecule has 0 bridgehead atoms. The topological polar surface area (TPSA) is 80.1 Å². The molecule has 2 amide bonds. The molecule has 2 aromatic rings. The number of benzene rings is 1. The minimum absolute atomic E-state index is 0.0102. The second-order valence-electron chi connectivity index (χ2n) is 6.07. The molecule has 1 aromatic carbocycles. The number of hydrogen-bond acceptors (Lipinski definition) is 5. The zero-order valence-electron chi connectivity index (χ0n) is 14.9. The Hall–Kier alpha value is -2.35. The fourth-order valence-corrected chi connectivity index (χ4v) is 3.75. The van der Waals surface area contributed by atoms with E-state index in [1.807, 2.05) is 41.8 Å². The highest BCUT2D eigenvalue weighted by Crippen LogP contribution is 2.23. The van der Waals surface area contributed by atoms with Crippen LogP contribution in [0.15, 0.2) is 35.5 Å². The molecule has 1 fully saturated rings. The van der Waals surface area contributed by atoms with Crippen molar-refractivity contribution >= 4 is 23.6 Å². The average molecular weight is 373 g/mol. The summed E-state index contributed by atoms with van der Waals surface area (Å²) in [4.78, 5) is 25.8. The maximum Gasteiger partial charge on any atom is 0.241 e. The van der Waals surface area contributed by atoms with Gasteiger partial charge in [-0.1, -0.05) is 42.1 Å². The van der Waals surface area contributed by atoms with E-state index >= 15 is 0 Å². The van der Waals surface area contributed by atoms with Crippen LogP contribution in [0.5, 0.6) is 0 Å². The Balaban J connectivity index is 1.53. The summed E-state index contributed by atoms with van der Waals surface area (Å²) in [5.74, 6) is 0.818. The van der Waals surface area contributed by atoms with Gasteiger partial charge in [-0.15, -0.1) is 10.2 Å². The number of aromatic nitrogens is 3. The van der Waals surface area contributed by atoms with Crippen molar-refractivity contribution < 1.29 is 9.59 Å². The Morgan fingerprint density at radius 3 is 2.58 bits per heavy atom. The number of nitrogens with one attached hydrogen (secondary N) is 1. The predicted octanol–water partition coefficient (Wildman–Crippen LogP) is 1.80. The maximum atomic E-state index is 12.1. The number of thioether (sulfide) groups is 1. The monoisotopic (exact) mass is 373 g/mol. The molecule has 0 aliphatic carbocycles. The fraction of sp³-hybridized carbons (Fsp3) is 0.444. The van der Waals surface area contributed by atoms with Crippen molar-refractivity contribution in [2.45, 2.75) is 31.5 Å². The SMILES string of the molecule is CCn1c(SCC(=O)NCC(=O)N2CCCC2)nnc1-c1ccccc1. The maximum absolute atomic E-state index is 12.1. The van der Waals surface area contributed by atoms with Crippen LogP contribution in [0.25, 0.3) is 11.4 Å². The zero-order valence-corrected chi connectivity index (χ0v) is 15.7. The Kier molecular flexibility index (Phi) is 6.27. The van der Waals surface area contributed by atoms with Crippen LogP contribution in [0.4, 0.5) is 0 Å². The molecule has 0 spiro atoms. The quantitative estimate of drug-likeness (QED) is 0.749. The van der Waals surface area contributed by atoms with Crippen molar-refractivity contribution in [3.8, 4) is 11.4 Å². The minimum Gasteiger partial charge on any atom is -0.346 e. The molecule has 0 saturated carbocycles. The molecular weight excluding hydrogens is 350 g/mol. The van der Waals surface area contributed by atoms with E-state index in [2.05, 4.69) is 15.5 Å². The molecule has 1 N–H and O–H groups in total. The van der Waals surface area contributed by atoms with E-state index in [0.29, 0.717) is 11.7 Å². The largest absolute Gasteiger partial charge is 0.346 e. The van der Waals surface area contributed by atoms with Gasteiger partial charge in [0.2, 0.25) is 11.8 Å². The lowest BCUT2D eigenvalue weighted by Crippen LogP contribution is -2.39. The molecule has 7 nitrogen and oxygen atoms in total. The first-order chi connectivity index (χ1) is 12.7. The molecule has 8 heteroatoms. The third-order valence-corrected chi connectivity index (χ3v) is 5.26. The summed E-state index contributed by atoms with van der Waals surface area (Å²) in [5.41, 5.74) is 0.995. The van der Waals surface area contributed by atoms with Crippen LogP contribution < -0.4 is 5.32 Å². The highest BCUT2D eigenvalue weighted by atomic mass is 32.2. The van der Waals surface area contributed by atoms with Crippen molar-refractivity contribution in [3.05, 3.63) is 30.3 Å². The van der Waals surface area contributed by atoms with Crippen LogP contribution in [0.1, 0.15) is 19.8 Å². The molecule has 3 rings (SSSR count). The lowest BCUT2D eigenvalue weighted by atomic mass is 10.2. The highest BCUT2D eigenvalue weighted by molar-refractivity contribution is 7.99. The Morgan fingerprint density at radius 2 is 1.88 bits per heavy atom. The summed E-state index contributed by atoms with van der Waals surface area (Å²) in [7, 11) is 0. The average Bonchev–Trinajstić information content (AvgIpc) is 3.34. The van der Waals surface area contributed by atoms with Crippen molar-refractivity contribution in [2.24, 2.45) is 0 Å². The number of likely N-dealkylation sites (tertiary alicyclic amines) is 1. The molecule has 1 saturated heterocycles. The molecule has 138 valence electrons. The molecule has 1 aliphatic rings. The first-order valence-corrected chi connectivity index (χ1v) is 9.83. The normalized spacial score (nSPS) is 13.8. The zero-order chi connectivity index (χ0) is 18.4. The van der Waals surface area contributed by atoms with Gasteiger partial charge in [-0.05, 0) is 19.8 Å². The van der Waals surface area contributed by atoms with E-state index in [-0.39, 0.29) is 24.1 Å². The van der Waals surface area contributed by atoms with E-state index in [9.17, 15) is 9.59 Å². The first-order valence-electron chi connectivity index (χ1n) is 8.85. The highest BCUT2D eigenvalue weighted by Gasteiger charge is 2.19. The first kappa shape index (κ1) is 18.4. The number of rotatable bonds is 7. The van der Waals surface area contributed by atoms with Gasteiger partial charge < -0.3 is 14.8 Å². The lowest BCUT2D eigenvalue weighted by Gasteiger charge is -2.15. The lowest BCUT2D eigenvalue weighted by molar-refractivity contribution is -0.131. The van der Waals surface area contributed by atoms with Crippen molar-refractivity contribution in [1.82, 2.24) is 25.0 Å². The van der Waals surface area contributed by atoms with Gasteiger partial charge in [-0.2, -0.15) is 0 Å². The van der Waals surface area contributed by atoms with Gasteiger partial charge in [0.15, 0.2) is 11.0 Å². The van der Waals surface area contributed by atoms with E-state index in [4.69, 9.17) is 0 Å². The number of carbonyl (C=O) groups excluding carboxylic acids is 2. The molecule has 0 unspecified atom stereocenters. The second-order valence-corrected chi connectivity index (χ2v) is 7.01. The van der Waals surface area contributed by atoms with Gasteiger partial charge in [-0.3, -0.25) is 9.59 Å². The van der Waals surface area contributed by atoms with E-state index in [1.54, 1.807) is 4.90 Å². The summed E-state index contributed by atoms with van der Waals surface area (Å²) >= 11 is 1.33. The molecular formula is C18H23N5O2S. The summed E-state index contributed by atoms with van der Waals surface area (Å²) < 4.78 is 1.99. The summed E-state index contributed by atoms with van der Waals surface area (Å²) in [6.45, 7) is 4.40. The molecule has 1 aliphatic heterocycles. The van der Waals surface area contributed by atoms with Gasteiger partial charge >= 0.3 is 0 Å². The summed E-state index contributed by atoms with van der Waals surface area (Å²) in [6, 6.07) is 9.85. The predicted molar refractivity (Wildman–Crippen MR) is 101 cm³/mol. The molecule has 26 heavy (non-hydrogen) atoms. The summed E-state index contributed by atoms with van der Waals surface area (Å²) in [5, 5.41) is 11.9. The Morgan fingerprint density at radius 1 is 1.15 bits per heavy atom. The molecule has 2 heterocycles. The molecule has 0 radical (unpaired) electrons. The van der Waals surface area contributed by atoms with Crippen LogP contribution in [0, 0.1) is 0 Å². The Bertz CT molecular complexity index is 756. The summed E-state index contributed by atoms with van der Waals surface area (Å²) in [6.07, 6.45) is 2.10. The van der Waals surface area contributed by atoms with Crippen LogP contribution in [0.2, 0.25) is 0 Å².